The highest BCUT2D eigenvalue weighted by molar-refractivity contribution is 6.00. The van der Waals surface area contributed by atoms with Crippen molar-refractivity contribution >= 4 is 17.7 Å². The lowest BCUT2D eigenvalue weighted by Crippen LogP contribution is -2.17. The SMILES string of the molecule is CCCCCc1cccc(NC(=O)OCCCC)c1C(=O)O. The maximum Gasteiger partial charge on any atom is 0.411 e. The fraction of sp³-hybridized carbons (Fsp3) is 0.529. The van der Waals surface area contributed by atoms with Gasteiger partial charge in [0.15, 0.2) is 0 Å². The number of carbonyl (C=O) groups is 2. The Morgan fingerprint density at radius 3 is 2.50 bits per heavy atom. The number of ether oxygens (including phenoxy) is 1. The second kappa shape index (κ2) is 9.82. The van der Waals surface area contributed by atoms with Crippen LogP contribution in [0.15, 0.2) is 18.2 Å². The zero-order chi connectivity index (χ0) is 16.4. The minimum absolute atomic E-state index is 0.158. The number of carbonyl (C=O) groups excluding carboxylic acids is 1. The minimum Gasteiger partial charge on any atom is -0.478 e. The van der Waals surface area contributed by atoms with Gasteiger partial charge in [-0.05, 0) is 30.9 Å². The van der Waals surface area contributed by atoms with Crippen molar-refractivity contribution in [3.05, 3.63) is 29.3 Å². The van der Waals surface area contributed by atoms with Crippen LogP contribution < -0.4 is 5.32 Å². The number of hydrogen-bond donors (Lipinski definition) is 2. The van der Waals surface area contributed by atoms with E-state index >= 15 is 0 Å². The van der Waals surface area contributed by atoms with Gasteiger partial charge in [0.1, 0.15) is 0 Å². The quantitative estimate of drug-likeness (QED) is 0.660. The summed E-state index contributed by atoms with van der Waals surface area (Å²) in [6.07, 6.45) is 4.86. The molecule has 0 saturated carbocycles. The summed E-state index contributed by atoms with van der Waals surface area (Å²) in [6.45, 7) is 4.44. The molecule has 0 aliphatic rings. The van der Waals surface area contributed by atoms with Crippen molar-refractivity contribution in [2.24, 2.45) is 0 Å². The molecule has 5 nitrogen and oxygen atoms in total. The Kier molecular flexibility index (Phi) is 8.04. The molecule has 5 heteroatoms. The number of hydrogen-bond acceptors (Lipinski definition) is 3. The van der Waals surface area contributed by atoms with E-state index in [9.17, 15) is 14.7 Å². The number of unbranched alkanes of at least 4 members (excludes halogenated alkanes) is 3. The molecule has 0 aliphatic carbocycles. The van der Waals surface area contributed by atoms with Crippen LogP contribution in [0.2, 0.25) is 0 Å². The van der Waals surface area contributed by atoms with Gasteiger partial charge in [-0.15, -0.1) is 0 Å². The Hall–Kier alpha value is -2.04. The van der Waals surface area contributed by atoms with E-state index < -0.39 is 12.1 Å². The highest BCUT2D eigenvalue weighted by Crippen LogP contribution is 2.22. The van der Waals surface area contributed by atoms with Crippen molar-refractivity contribution < 1.29 is 19.4 Å². The van der Waals surface area contributed by atoms with E-state index in [2.05, 4.69) is 12.2 Å². The largest absolute Gasteiger partial charge is 0.478 e. The van der Waals surface area contributed by atoms with Crippen LogP contribution in [0, 0.1) is 0 Å². The number of aryl methyl sites for hydroxylation is 1. The third kappa shape index (κ3) is 5.76. The third-order valence-electron chi connectivity index (χ3n) is 3.38. The van der Waals surface area contributed by atoms with Gasteiger partial charge in [-0.2, -0.15) is 0 Å². The first-order chi connectivity index (χ1) is 10.6. The van der Waals surface area contributed by atoms with Crippen molar-refractivity contribution in [2.45, 2.75) is 52.4 Å². The first-order valence-electron chi connectivity index (χ1n) is 7.89. The number of aromatic carboxylic acids is 1. The molecule has 0 saturated heterocycles. The molecule has 0 atom stereocenters. The van der Waals surface area contributed by atoms with Crippen molar-refractivity contribution in [3.8, 4) is 0 Å². The van der Waals surface area contributed by atoms with Crippen LogP contribution in [-0.4, -0.2) is 23.8 Å². The lowest BCUT2D eigenvalue weighted by Gasteiger charge is -2.13. The Morgan fingerprint density at radius 2 is 1.86 bits per heavy atom. The standard InChI is InChI=1S/C17H25NO4/c1-3-5-7-9-13-10-8-11-14(15(13)16(19)20)18-17(21)22-12-6-4-2/h8,10-11H,3-7,9,12H2,1-2H3,(H,18,21)(H,19,20). The molecule has 22 heavy (non-hydrogen) atoms. The lowest BCUT2D eigenvalue weighted by molar-refractivity contribution is 0.0697. The number of carboxylic acid groups (broad SMARTS) is 1. The average Bonchev–Trinajstić information content (AvgIpc) is 2.47. The van der Waals surface area contributed by atoms with Gasteiger partial charge < -0.3 is 9.84 Å². The molecule has 0 spiro atoms. The number of benzene rings is 1. The second-order valence-electron chi connectivity index (χ2n) is 5.22. The maximum absolute atomic E-state index is 11.7. The number of anilines is 1. The molecule has 0 radical (unpaired) electrons. The lowest BCUT2D eigenvalue weighted by atomic mass is 9.99. The first kappa shape index (κ1) is 18.0. The molecular weight excluding hydrogens is 282 g/mol. The van der Waals surface area contributed by atoms with Gasteiger partial charge in [-0.3, -0.25) is 5.32 Å². The average molecular weight is 307 g/mol. The minimum atomic E-state index is -1.03. The van der Waals surface area contributed by atoms with E-state index in [0.29, 0.717) is 18.7 Å². The first-order valence-corrected chi connectivity index (χ1v) is 7.89. The Balaban J connectivity index is 2.82. The van der Waals surface area contributed by atoms with E-state index in [1.165, 1.54) is 0 Å². The topological polar surface area (TPSA) is 75.6 Å². The smallest absolute Gasteiger partial charge is 0.411 e. The van der Waals surface area contributed by atoms with Crippen molar-refractivity contribution in [1.29, 1.82) is 0 Å². The molecule has 0 heterocycles. The van der Waals surface area contributed by atoms with Crippen molar-refractivity contribution in [2.75, 3.05) is 11.9 Å². The van der Waals surface area contributed by atoms with Gasteiger partial charge in [0.05, 0.1) is 17.9 Å². The zero-order valence-electron chi connectivity index (χ0n) is 13.4. The number of rotatable bonds is 9. The molecule has 0 aliphatic heterocycles. The Morgan fingerprint density at radius 1 is 1.14 bits per heavy atom. The summed E-state index contributed by atoms with van der Waals surface area (Å²) in [5.41, 5.74) is 1.20. The summed E-state index contributed by atoms with van der Waals surface area (Å²) in [4.78, 5) is 23.2. The molecule has 2 N–H and O–H groups in total. The molecule has 1 aromatic carbocycles. The fourth-order valence-corrected chi connectivity index (χ4v) is 2.19. The third-order valence-corrected chi connectivity index (χ3v) is 3.38. The Bertz CT molecular complexity index is 499. The van der Waals surface area contributed by atoms with Crippen LogP contribution in [0.25, 0.3) is 0 Å². The summed E-state index contributed by atoms with van der Waals surface area (Å²) < 4.78 is 5.02. The molecule has 1 aromatic rings. The van der Waals surface area contributed by atoms with Gasteiger partial charge >= 0.3 is 12.1 Å². The van der Waals surface area contributed by atoms with Gasteiger partial charge in [-0.25, -0.2) is 9.59 Å². The van der Waals surface area contributed by atoms with Crippen LogP contribution in [0.5, 0.6) is 0 Å². The molecule has 0 aromatic heterocycles. The Labute approximate surface area is 131 Å². The fourth-order valence-electron chi connectivity index (χ4n) is 2.19. The summed E-state index contributed by atoms with van der Waals surface area (Å²) in [5.74, 6) is -1.03. The van der Waals surface area contributed by atoms with E-state index in [1.54, 1.807) is 18.2 Å². The molecule has 0 fully saturated rings. The van der Waals surface area contributed by atoms with Gasteiger partial charge in [-0.1, -0.05) is 45.2 Å². The van der Waals surface area contributed by atoms with E-state index in [-0.39, 0.29) is 5.56 Å². The number of carboxylic acids is 1. The van der Waals surface area contributed by atoms with E-state index in [1.807, 2.05) is 6.92 Å². The normalized spacial score (nSPS) is 10.3. The zero-order valence-corrected chi connectivity index (χ0v) is 13.4. The number of amides is 1. The summed E-state index contributed by atoms with van der Waals surface area (Å²) in [7, 11) is 0. The monoisotopic (exact) mass is 307 g/mol. The molecule has 122 valence electrons. The van der Waals surface area contributed by atoms with Crippen LogP contribution >= 0.6 is 0 Å². The van der Waals surface area contributed by atoms with Crippen molar-refractivity contribution in [3.63, 3.8) is 0 Å². The molecule has 0 bridgehead atoms. The van der Waals surface area contributed by atoms with E-state index in [0.717, 1.165) is 37.7 Å². The predicted octanol–water partition coefficient (Wildman–Crippen LogP) is 4.47. The maximum atomic E-state index is 11.7. The summed E-state index contributed by atoms with van der Waals surface area (Å²) in [6, 6.07) is 5.15. The molecular formula is C17H25NO4. The van der Waals surface area contributed by atoms with Gasteiger partial charge in [0.25, 0.3) is 0 Å². The highest BCUT2D eigenvalue weighted by atomic mass is 16.5. The predicted molar refractivity (Wildman–Crippen MR) is 86.5 cm³/mol. The molecule has 1 amide bonds. The second-order valence-corrected chi connectivity index (χ2v) is 5.22. The van der Waals surface area contributed by atoms with E-state index in [4.69, 9.17) is 4.74 Å². The van der Waals surface area contributed by atoms with Crippen LogP contribution in [0.1, 0.15) is 61.9 Å². The molecule has 1 rings (SSSR count). The van der Waals surface area contributed by atoms with Gasteiger partial charge in [0, 0.05) is 0 Å². The van der Waals surface area contributed by atoms with Crippen LogP contribution in [0.3, 0.4) is 0 Å². The summed E-state index contributed by atoms with van der Waals surface area (Å²) in [5, 5.41) is 12.0. The van der Waals surface area contributed by atoms with Crippen LogP contribution in [-0.2, 0) is 11.2 Å². The van der Waals surface area contributed by atoms with Crippen LogP contribution in [0.4, 0.5) is 10.5 Å². The van der Waals surface area contributed by atoms with Gasteiger partial charge in [0.2, 0.25) is 0 Å². The molecule has 0 unspecified atom stereocenters. The van der Waals surface area contributed by atoms with Crippen molar-refractivity contribution in [1.82, 2.24) is 0 Å². The highest BCUT2D eigenvalue weighted by Gasteiger charge is 2.17. The summed E-state index contributed by atoms with van der Waals surface area (Å²) >= 11 is 0. The number of nitrogens with one attached hydrogen (secondary N) is 1.